The van der Waals surface area contributed by atoms with Crippen molar-refractivity contribution >= 4 is 32.3 Å². The Kier molecular flexibility index (Phi) is 6.80. The van der Waals surface area contributed by atoms with E-state index in [9.17, 15) is 0 Å². The maximum absolute atomic E-state index is 2.40. The predicted molar refractivity (Wildman–Crippen MR) is 200 cm³/mol. The molecular formula is C46H36. The highest BCUT2D eigenvalue weighted by Gasteiger charge is 2.26. The fraction of sp³-hybridized carbons (Fsp3) is 0.0870. The molecule has 0 spiro atoms. The minimum atomic E-state index is 1.23. The average molecular weight is 589 g/mol. The molecule has 0 aromatic heterocycles. The summed E-state index contributed by atoms with van der Waals surface area (Å²) in [5.41, 5.74) is 15.2. The normalized spacial score (nSPS) is 11.5. The van der Waals surface area contributed by atoms with Gasteiger partial charge in [-0.1, -0.05) is 168 Å². The zero-order chi connectivity index (χ0) is 31.4. The number of fused-ring (bicyclic) bond motifs is 3. The van der Waals surface area contributed by atoms with E-state index in [-0.39, 0.29) is 0 Å². The third-order valence-electron chi connectivity index (χ3n) is 9.48. The summed E-state index contributed by atoms with van der Waals surface area (Å²) >= 11 is 0. The van der Waals surface area contributed by atoms with E-state index in [2.05, 4.69) is 173 Å². The van der Waals surface area contributed by atoms with E-state index in [4.69, 9.17) is 0 Å². The molecule has 0 heterocycles. The van der Waals surface area contributed by atoms with Gasteiger partial charge in [-0.3, -0.25) is 0 Å². The molecule has 0 amide bonds. The van der Waals surface area contributed by atoms with Crippen LogP contribution in [-0.2, 0) is 0 Å². The lowest BCUT2D eigenvalue weighted by Gasteiger charge is -2.25. The van der Waals surface area contributed by atoms with E-state index in [0.29, 0.717) is 0 Å². The lowest BCUT2D eigenvalue weighted by molar-refractivity contribution is 1.47. The summed E-state index contributed by atoms with van der Waals surface area (Å²) in [6.07, 6.45) is 0. The van der Waals surface area contributed by atoms with E-state index >= 15 is 0 Å². The Morgan fingerprint density at radius 2 is 0.565 bits per heavy atom. The smallest absolute Gasteiger partial charge is 0.000139 e. The van der Waals surface area contributed by atoms with Gasteiger partial charge in [0.2, 0.25) is 0 Å². The highest BCUT2D eigenvalue weighted by atomic mass is 14.3. The van der Waals surface area contributed by atoms with Crippen LogP contribution in [0.25, 0.3) is 76.8 Å². The zero-order valence-electron chi connectivity index (χ0n) is 26.9. The molecule has 8 rings (SSSR count). The number of hydrogen-bond acceptors (Lipinski definition) is 0. The Labute approximate surface area is 271 Å². The van der Waals surface area contributed by atoms with E-state index in [1.165, 1.54) is 99.1 Å². The largest absolute Gasteiger partial charge is 0.0622 e. The molecule has 0 saturated heterocycles. The van der Waals surface area contributed by atoms with Crippen LogP contribution >= 0.6 is 0 Å². The van der Waals surface area contributed by atoms with Crippen LogP contribution in [0.1, 0.15) is 22.3 Å². The monoisotopic (exact) mass is 588 g/mol. The Morgan fingerprint density at radius 1 is 0.261 bits per heavy atom. The third kappa shape index (κ3) is 4.61. The first-order valence-corrected chi connectivity index (χ1v) is 16.2. The molecule has 0 N–H and O–H groups in total. The van der Waals surface area contributed by atoms with E-state index < -0.39 is 0 Å². The van der Waals surface area contributed by atoms with Crippen molar-refractivity contribution in [3.63, 3.8) is 0 Å². The molecule has 0 radical (unpaired) electrons. The summed E-state index contributed by atoms with van der Waals surface area (Å²) in [4.78, 5) is 0. The summed E-state index contributed by atoms with van der Waals surface area (Å²) in [6, 6.07) is 54.3. The summed E-state index contributed by atoms with van der Waals surface area (Å²) in [5, 5.41) is 7.73. The minimum Gasteiger partial charge on any atom is -0.0622 e. The minimum absolute atomic E-state index is 1.23. The van der Waals surface area contributed by atoms with Gasteiger partial charge in [-0.2, -0.15) is 0 Å². The van der Waals surface area contributed by atoms with Gasteiger partial charge in [0.15, 0.2) is 0 Å². The van der Waals surface area contributed by atoms with Gasteiger partial charge in [-0.05, 0) is 105 Å². The number of hydrogen-bond donors (Lipinski definition) is 0. The topological polar surface area (TPSA) is 0 Å². The van der Waals surface area contributed by atoms with Crippen LogP contribution in [0.15, 0.2) is 146 Å². The van der Waals surface area contributed by atoms with Crippen LogP contribution in [0.3, 0.4) is 0 Å². The van der Waals surface area contributed by atoms with Crippen molar-refractivity contribution in [2.24, 2.45) is 0 Å². The quantitative estimate of drug-likeness (QED) is 0.179. The Balaban J connectivity index is 1.77. The second-order valence-corrected chi connectivity index (χ2v) is 12.8. The molecule has 220 valence electrons. The molecule has 8 aromatic rings. The molecule has 46 heavy (non-hydrogen) atoms. The van der Waals surface area contributed by atoms with Gasteiger partial charge in [0, 0.05) is 0 Å². The van der Waals surface area contributed by atoms with Crippen molar-refractivity contribution in [1.82, 2.24) is 0 Å². The fourth-order valence-corrected chi connectivity index (χ4v) is 7.30. The first-order chi connectivity index (χ1) is 22.5. The zero-order valence-corrected chi connectivity index (χ0v) is 26.9. The molecule has 0 unspecified atom stereocenters. The summed E-state index contributed by atoms with van der Waals surface area (Å²) in [5.74, 6) is 0. The number of benzene rings is 8. The first-order valence-electron chi connectivity index (χ1n) is 16.2. The molecule has 0 bridgehead atoms. The molecule has 0 aliphatic rings. The van der Waals surface area contributed by atoms with Gasteiger partial charge < -0.3 is 0 Å². The lowest BCUT2D eigenvalue weighted by Crippen LogP contribution is -1.98. The predicted octanol–water partition coefficient (Wildman–Crippen LogP) is 13.0. The molecule has 0 saturated carbocycles. The molecule has 0 atom stereocenters. The van der Waals surface area contributed by atoms with Crippen molar-refractivity contribution in [2.75, 3.05) is 0 Å². The van der Waals surface area contributed by atoms with E-state index in [1.54, 1.807) is 0 Å². The van der Waals surface area contributed by atoms with Crippen LogP contribution < -0.4 is 0 Å². The lowest BCUT2D eigenvalue weighted by atomic mass is 9.77. The van der Waals surface area contributed by atoms with Gasteiger partial charge in [0.1, 0.15) is 0 Å². The molecular weight excluding hydrogens is 553 g/mol. The molecule has 0 nitrogen and oxygen atoms in total. The van der Waals surface area contributed by atoms with Crippen LogP contribution in [-0.4, -0.2) is 0 Å². The van der Waals surface area contributed by atoms with Crippen LogP contribution in [0.5, 0.6) is 0 Å². The molecule has 0 aliphatic heterocycles. The Morgan fingerprint density at radius 3 is 0.935 bits per heavy atom. The summed E-state index contributed by atoms with van der Waals surface area (Å²) in [7, 11) is 0. The van der Waals surface area contributed by atoms with Gasteiger partial charge >= 0.3 is 0 Å². The van der Waals surface area contributed by atoms with Crippen LogP contribution in [0.2, 0.25) is 0 Å². The van der Waals surface area contributed by atoms with Crippen molar-refractivity contribution in [3.05, 3.63) is 168 Å². The van der Waals surface area contributed by atoms with Crippen molar-refractivity contribution in [3.8, 4) is 44.5 Å². The van der Waals surface area contributed by atoms with Crippen LogP contribution in [0.4, 0.5) is 0 Å². The van der Waals surface area contributed by atoms with Gasteiger partial charge in [0.05, 0.1) is 0 Å². The second-order valence-electron chi connectivity index (χ2n) is 12.8. The standard InChI is InChI=1S/C46H36/c1-29-15-21-35(22-16-29)41-37-25-19-31(3)27-39(37)44(34-13-9-6-10-14-34)46-42(36-23-17-30(2)18-24-36)38-26-20-32(4)28-40(38)43(45(41)46)33-11-7-5-8-12-33/h5-28H,1-4H3. The van der Waals surface area contributed by atoms with Crippen molar-refractivity contribution in [1.29, 1.82) is 0 Å². The number of aryl methyl sites for hydroxylation is 4. The van der Waals surface area contributed by atoms with Gasteiger partial charge in [-0.15, -0.1) is 0 Å². The maximum Gasteiger partial charge on any atom is -0.000139 e. The molecule has 0 aliphatic carbocycles. The Hall–Kier alpha value is -5.46. The fourth-order valence-electron chi connectivity index (χ4n) is 7.30. The summed E-state index contributed by atoms with van der Waals surface area (Å²) < 4.78 is 0. The second kappa shape index (κ2) is 11.2. The van der Waals surface area contributed by atoms with Crippen LogP contribution in [0, 0.1) is 27.7 Å². The van der Waals surface area contributed by atoms with Gasteiger partial charge in [0.25, 0.3) is 0 Å². The third-order valence-corrected chi connectivity index (χ3v) is 9.48. The molecule has 0 heteroatoms. The van der Waals surface area contributed by atoms with Gasteiger partial charge in [-0.25, -0.2) is 0 Å². The maximum atomic E-state index is 2.40. The van der Waals surface area contributed by atoms with E-state index in [0.717, 1.165) is 0 Å². The SMILES string of the molecule is Cc1ccc(-c2c3ccc(C)cc3c(-c3ccccc3)c3c(-c4ccc(C)cc4)c4ccc(C)cc4c(-c4ccccc4)c23)cc1. The highest BCUT2D eigenvalue weighted by Crippen LogP contribution is 2.53. The number of rotatable bonds is 4. The first kappa shape index (κ1) is 28.0. The molecule has 8 aromatic carbocycles. The molecule has 0 fully saturated rings. The van der Waals surface area contributed by atoms with Crippen molar-refractivity contribution < 1.29 is 0 Å². The summed E-state index contributed by atoms with van der Waals surface area (Å²) in [6.45, 7) is 8.76. The highest BCUT2D eigenvalue weighted by molar-refractivity contribution is 6.33. The average Bonchev–Trinajstić information content (AvgIpc) is 3.08. The Bertz CT molecular complexity index is 2220. The van der Waals surface area contributed by atoms with E-state index in [1.807, 2.05) is 0 Å². The van der Waals surface area contributed by atoms with Crippen molar-refractivity contribution in [2.45, 2.75) is 27.7 Å².